The zero-order chi connectivity index (χ0) is 16.7. The molecule has 1 aromatic carbocycles. The van der Waals surface area contributed by atoms with Crippen LogP contribution in [0.15, 0.2) is 42.6 Å². The molecule has 0 aliphatic heterocycles. The van der Waals surface area contributed by atoms with Gasteiger partial charge in [0.1, 0.15) is 5.69 Å². The Morgan fingerprint density at radius 3 is 2.74 bits per heavy atom. The Kier molecular flexibility index (Phi) is 5.82. The van der Waals surface area contributed by atoms with Crippen molar-refractivity contribution < 1.29 is 14.3 Å². The molecule has 6 nitrogen and oxygen atoms in total. The van der Waals surface area contributed by atoms with Crippen LogP contribution in [0.4, 0.5) is 11.4 Å². The summed E-state index contributed by atoms with van der Waals surface area (Å²) in [5.41, 5.74) is 2.19. The van der Waals surface area contributed by atoms with Crippen LogP contribution in [0, 0.1) is 0 Å². The van der Waals surface area contributed by atoms with Gasteiger partial charge in [0.05, 0.1) is 6.61 Å². The van der Waals surface area contributed by atoms with Crippen LogP contribution >= 0.6 is 0 Å². The molecule has 2 rings (SSSR count). The summed E-state index contributed by atoms with van der Waals surface area (Å²) >= 11 is 0. The van der Waals surface area contributed by atoms with E-state index < -0.39 is 0 Å². The van der Waals surface area contributed by atoms with Crippen LogP contribution in [-0.4, -0.2) is 36.9 Å². The second-order valence-electron chi connectivity index (χ2n) is 4.94. The quantitative estimate of drug-likeness (QED) is 0.606. The molecule has 0 fully saturated rings. The normalized spacial score (nSPS) is 10.2. The van der Waals surface area contributed by atoms with E-state index in [1.807, 2.05) is 0 Å². The summed E-state index contributed by atoms with van der Waals surface area (Å²) in [5.74, 6) is -0.385. The average molecular weight is 313 g/mol. The number of benzene rings is 1. The van der Waals surface area contributed by atoms with Crippen molar-refractivity contribution in [3.05, 3.63) is 53.9 Å². The number of nitrogens with one attached hydrogen (secondary N) is 2. The number of anilines is 2. The van der Waals surface area contributed by atoms with Crippen LogP contribution in [0.5, 0.6) is 0 Å². The summed E-state index contributed by atoms with van der Waals surface area (Å²) in [6, 6.07) is 10.2. The lowest BCUT2D eigenvalue weighted by atomic mass is 10.1. The fraction of sp³-hybridized carbons (Fsp3) is 0.235. The summed E-state index contributed by atoms with van der Waals surface area (Å²) < 4.78 is 4.97. The Balaban J connectivity index is 2.07. The van der Waals surface area contributed by atoms with Crippen molar-refractivity contribution in [1.82, 2.24) is 4.98 Å². The maximum Gasteiger partial charge on any atom is 0.274 e. The van der Waals surface area contributed by atoms with E-state index in [9.17, 15) is 9.59 Å². The highest BCUT2D eigenvalue weighted by atomic mass is 16.5. The molecule has 2 aromatic rings. The summed E-state index contributed by atoms with van der Waals surface area (Å²) in [6.45, 7) is 2.70. The summed E-state index contributed by atoms with van der Waals surface area (Å²) in [4.78, 5) is 27.7. The largest absolute Gasteiger partial charge is 0.383 e. The Morgan fingerprint density at radius 1 is 1.17 bits per heavy atom. The smallest absolute Gasteiger partial charge is 0.274 e. The number of amides is 1. The molecule has 1 aromatic heterocycles. The Labute approximate surface area is 134 Å². The topological polar surface area (TPSA) is 80.3 Å². The summed E-state index contributed by atoms with van der Waals surface area (Å²) in [7, 11) is 1.63. The van der Waals surface area contributed by atoms with Crippen LogP contribution in [0.25, 0.3) is 0 Å². The Morgan fingerprint density at radius 2 is 2.00 bits per heavy atom. The lowest BCUT2D eigenvalue weighted by Crippen LogP contribution is -2.15. The number of nitrogens with zero attached hydrogens (tertiary/aromatic N) is 1. The first kappa shape index (κ1) is 16.6. The Hall–Kier alpha value is -2.73. The minimum Gasteiger partial charge on any atom is -0.383 e. The molecule has 0 radical (unpaired) electrons. The van der Waals surface area contributed by atoms with Crippen molar-refractivity contribution in [3.63, 3.8) is 0 Å². The van der Waals surface area contributed by atoms with Crippen molar-refractivity contribution in [2.45, 2.75) is 6.92 Å². The molecular weight excluding hydrogens is 294 g/mol. The number of methoxy groups -OCH3 is 1. The molecule has 2 N–H and O–H groups in total. The number of carbonyl (C=O) groups is 2. The first-order chi connectivity index (χ1) is 11.1. The number of ketones is 1. The van der Waals surface area contributed by atoms with E-state index in [2.05, 4.69) is 15.6 Å². The van der Waals surface area contributed by atoms with Crippen LogP contribution < -0.4 is 10.6 Å². The van der Waals surface area contributed by atoms with Crippen LogP contribution in [0.3, 0.4) is 0 Å². The lowest BCUT2D eigenvalue weighted by Gasteiger charge is -2.08. The fourth-order valence-electron chi connectivity index (χ4n) is 1.97. The number of carbonyl (C=O) groups excluding carboxylic acids is 2. The zero-order valence-electron chi connectivity index (χ0n) is 13.1. The van der Waals surface area contributed by atoms with Gasteiger partial charge in [-0.05, 0) is 31.2 Å². The SMILES string of the molecule is COCCNc1ccnc(C(=O)Nc2cccc(C(C)=O)c2)c1. The number of Topliss-reactive ketones (excluding diaryl/α,β-unsaturated/α-hetero) is 1. The zero-order valence-corrected chi connectivity index (χ0v) is 13.1. The third kappa shape index (κ3) is 4.89. The highest BCUT2D eigenvalue weighted by molar-refractivity contribution is 6.04. The number of pyridine rings is 1. The Bertz CT molecular complexity index is 701. The highest BCUT2D eigenvalue weighted by Gasteiger charge is 2.09. The fourth-order valence-corrected chi connectivity index (χ4v) is 1.97. The van der Waals surface area contributed by atoms with Crippen LogP contribution in [-0.2, 0) is 4.74 Å². The first-order valence-corrected chi connectivity index (χ1v) is 7.21. The number of hydrogen-bond donors (Lipinski definition) is 2. The van der Waals surface area contributed by atoms with Crippen molar-refractivity contribution in [2.75, 3.05) is 30.9 Å². The molecule has 0 aliphatic rings. The molecule has 0 unspecified atom stereocenters. The van der Waals surface area contributed by atoms with Crippen LogP contribution in [0.1, 0.15) is 27.8 Å². The second kappa shape index (κ2) is 8.05. The van der Waals surface area contributed by atoms with Gasteiger partial charge in [0.25, 0.3) is 5.91 Å². The molecule has 1 heterocycles. The van der Waals surface area contributed by atoms with Crippen molar-refractivity contribution in [3.8, 4) is 0 Å². The summed E-state index contributed by atoms with van der Waals surface area (Å²) in [5, 5.41) is 5.88. The number of hydrogen-bond acceptors (Lipinski definition) is 5. The molecule has 0 aliphatic carbocycles. The lowest BCUT2D eigenvalue weighted by molar-refractivity contribution is 0.100. The minimum atomic E-state index is -0.332. The van der Waals surface area contributed by atoms with Gasteiger partial charge in [0, 0.05) is 36.8 Å². The average Bonchev–Trinajstić information content (AvgIpc) is 2.55. The maximum atomic E-state index is 12.3. The number of ether oxygens (including phenoxy) is 1. The van der Waals surface area contributed by atoms with Gasteiger partial charge >= 0.3 is 0 Å². The standard InChI is InChI=1S/C17H19N3O3/c1-12(21)13-4-3-5-15(10-13)20-17(22)16-11-14(6-7-19-16)18-8-9-23-2/h3-7,10-11H,8-9H2,1-2H3,(H,18,19)(H,20,22). The molecule has 0 saturated carbocycles. The maximum absolute atomic E-state index is 12.3. The van der Waals surface area contributed by atoms with E-state index in [1.165, 1.54) is 6.92 Å². The van der Waals surface area contributed by atoms with Gasteiger partial charge in [-0.15, -0.1) is 0 Å². The van der Waals surface area contributed by atoms with E-state index >= 15 is 0 Å². The van der Waals surface area contributed by atoms with E-state index in [-0.39, 0.29) is 11.7 Å². The molecule has 23 heavy (non-hydrogen) atoms. The first-order valence-electron chi connectivity index (χ1n) is 7.21. The molecule has 120 valence electrons. The number of rotatable bonds is 7. The van der Waals surface area contributed by atoms with E-state index in [0.29, 0.717) is 30.1 Å². The monoisotopic (exact) mass is 313 g/mol. The van der Waals surface area contributed by atoms with Crippen molar-refractivity contribution >= 4 is 23.1 Å². The second-order valence-corrected chi connectivity index (χ2v) is 4.94. The van der Waals surface area contributed by atoms with Gasteiger partial charge in [0.15, 0.2) is 5.78 Å². The summed E-state index contributed by atoms with van der Waals surface area (Å²) in [6.07, 6.45) is 1.57. The molecule has 0 atom stereocenters. The van der Waals surface area contributed by atoms with Gasteiger partial charge in [-0.3, -0.25) is 14.6 Å². The predicted molar refractivity (Wildman–Crippen MR) is 89.0 cm³/mol. The van der Waals surface area contributed by atoms with E-state index in [1.54, 1.807) is 49.7 Å². The number of aromatic nitrogens is 1. The van der Waals surface area contributed by atoms with Gasteiger partial charge in [-0.1, -0.05) is 12.1 Å². The molecule has 0 bridgehead atoms. The van der Waals surface area contributed by atoms with Gasteiger partial charge in [-0.2, -0.15) is 0 Å². The molecule has 0 spiro atoms. The van der Waals surface area contributed by atoms with Crippen LogP contribution in [0.2, 0.25) is 0 Å². The van der Waals surface area contributed by atoms with E-state index in [0.717, 1.165) is 5.69 Å². The molecule has 1 amide bonds. The third-order valence-electron chi connectivity index (χ3n) is 3.15. The highest BCUT2D eigenvalue weighted by Crippen LogP contribution is 2.14. The molecule has 0 saturated heterocycles. The molecule has 6 heteroatoms. The van der Waals surface area contributed by atoms with Crippen molar-refractivity contribution in [2.24, 2.45) is 0 Å². The molecular formula is C17H19N3O3. The predicted octanol–water partition coefficient (Wildman–Crippen LogP) is 2.59. The minimum absolute atomic E-state index is 0.0523. The van der Waals surface area contributed by atoms with E-state index in [4.69, 9.17) is 4.74 Å². The third-order valence-corrected chi connectivity index (χ3v) is 3.15. The van der Waals surface area contributed by atoms with Gasteiger partial charge < -0.3 is 15.4 Å². The van der Waals surface area contributed by atoms with Crippen molar-refractivity contribution in [1.29, 1.82) is 0 Å². The van der Waals surface area contributed by atoms with Gasteiger partial charge in [-0.25, -0.2) is 0 Å². The van der Waals surface area contributed by atoms with Gasteiger partial charge in [0.2, 0.25) is 0 Å².